The van der Waals surface area contributed by atoms with Crippen LogP contribution in [0.3, 0.4) is 0 Å². The Labute approximate surface area is 145 Å². The maximum atomic E-state index is 11.9. The number of benzene rings is 4. The van der Waals surface area contributed by atoms with E-state index in [-0.39, 0.29) is 0 Å². The molecule has 2 heteroatoms. The molecule has 0 aliphatic rings. The maximum absolute atomic E-state index is 11.9. The predicted octanol–water partition coefficient (Wildman–Crippen LogP) is 5.62. The zero-order valence-electron chi connectivity index (χ0n) is 13.5. The first kappa shape index (κ1) is 15.2. The van der Waals surface area contributed by atoms with Gasteiger partial charge >= 0.3 is 5.97 Å². The Kier molecular flexibility index (Phi) is 3.79. The van der Waals surface area contributed by atoms with Crippen LogP contribution in [0.2, 0.25) is 0 Å². The highest BCUT2D eigenvalue weighted by Gasteiger charge is 2.13. The van der Waals surface area contributed by atoms with Gasteiger partial charge in [-0.15, -0.1) is 0 Å². The van der Waals surface area contributed by atoms with Crippen molar-refractivity contribution < 1.29 is 9.90 Å². The summed E-state index contributed by atoms with van der Waals surface area (Å²) in [6.45, 7) is 0. The van der Waals surface area contributed by atoms with Crippen molar-refractivity contribution in [3.63, 3.8) is 0 Å². The molecule has 120 valence electrons. The van der Waals surface area contributed by atoms with E-state index in [2.05, 4.69) is 18.2 Å². The predicted molar refractivity (Wildman–Crippen MR) is 103 cm³/mol. The summed E-state index contributed by atoms with van der Waals surface area (Å²) in [6, 6.07) is 27.6. The fourth-order valence-corrected chi connectivity index (χ4v) is 3.24. The molecule has 0 aromatic heterocycles. The molecule has 25 heavy (non-hydrogen) atoms. The first-order valence-corrected chi connectivity index (χ1v) is 8.15. The Hall–Kier alpha value is -3.39. The summed E-state index contributed by atoms with van der Waals surface area (Å²) in [5.74, 6) is -0.928. The largest absolute Gasteiger partial charge is 0.478 e. The van der Waals surface area contributed by atoms with Crippen LogP contribution < -0.4 is 0 Å². The fraction of sp³-hybridized carbons (Fsp3) is 0. The van der Waals surface area contributed by atoms with Crippen molar-refractivity contribution >= 4 is 39.2 Å². The zero-order valence-corrected chi connectivity index (χ0v) is 13.5. The van der Waals surface area contributed by atoms with E-state index in [0.717, 1.165) is 27.1 Å². The summed E-state index contributed by atoms with van der Waals surface area (Å²) in [5, 5.41) is 14.1. The topological polar surface area (TPSA) is 37.3 Å². The lowest BCUT2D eigenvalue weighted by atomic mass is 9.94. The van der Waals surface area contributed by atoms with E-state index in [1.165, 1.54) is 0 Å². The standard InChI is InChI=1S/C23H16O2/c24-23(25)21(16-8-2-1-3-9-16)15-22-19-12-6-4-10-17(19)14-18-11-5-7-13-20(18)22/h1-15H,(H,24,25)/b21-15+. The van der Waals surface area contributed by atoms with E-state index in [0.29, 0.717) is 11.1 Å². The Bertz CT molecular complexity index is 1050. The zero-order chi connectivity index (χ0) is 17.2. The molecule has 4 rings (SSSR count). The number of fused-ring (bicyclic) bond motifs is 2. The van der Waals surface area contributed by atoms with Gasteiger partial charge in [-0.05, 0) is 44.8 Å². The molecule has 4 aromatic carbocycles. The van der Waals surface area contributed by atoms with Gasteiger partial charge in [-0.2, -0.15) is 0 Å². The molecule has 0 aliphatic heterocycles. The lowest BCUT2D eigenvalue weighted by Crippen LogP contribution is -1.99. The minimum absolute atomic E-state index is 0.294. The van der Waals surface area contributed by atoms with E-state index in [4.69, 9.17) is 0 Å². The summed E-state index contributed by atoms with van der Waals surface area (Å²) in [6.07, 6.45) is 1.79. The molecule has 0 aliphatic carbocycles. The van der Waals surface area contributed by atoms with Gasteiger partial charge in [0.05, 0.1) is 5.57 Å². The van der Waals surface area contributed by atoms with Crippen LogP contribution in [0.5, 0.6) is 0 Å². The highest BCUT2D eigenvalue weighted by atomic mass is 16.4. The molecular weight excluding hydrogens is 308 g/mol. The molecule has 2 nitrogen and oxygen atoms in total. The normalized spacial score (nSPS) is 11.8. The van der Waals surface area contributed by atoms with Gasteiger partial charge in [0.15, 0.2) is 0 Å². The average Bonchev–Trinajstić information content (AvgIpc) is 2.65. The third-order valence-corrected chi connectivity index (χ3v) is 4.42. The highest BCUT2D eigenvalue weighted by molar-refractivity contribution is 6.23. The molecule has 0 radical (unpaired) electrons. The number of hydrogen-bond acceptors (Lipinski definition) is 1. The molecule has 0 fully saturated rings. The minimum atomic E-state index is -0.928. The third-order valence-electron chi connectivity index (χ3n) is 4.42. The Balaban J connectivity index is 2.08. The van der Waals surface area contributed by atoms with Crippen molar-refractivity contribution in [1.82, 2.24) is 0 Å². The second kappa shape index (κ2) is 6.25. The number of aliphatic carboxylic acids is 1. The molecule has 0 unspecified atom stereocenters. The van der Waals surface area contributed by atoms with Crippen LogP contribution in [-0.4, -0.2) is 11.1 Å². The highest BCUT2D eigenvalue weighted by Crippen LogP contribution is 2.31. The lowest BCUT2D eigenvalue weighted by Gasteiger charge is -2.10. The number of carboxylic acids is 1. The molecule has 0 amide bonds. The first-order valence-electron chi connectivity index (χ1n) is 8.15. The summed E-state index contributed by atoms with van der Waals surface area (Å²) < 4.78 is 0. The first-order chi connectivity index (χ1) is 12.2. The second-order valence-corrected chi connectivity index (χ2v) is 5.96. The molecule has 4 aromatic rings. The van der Waals surface area contributed by atoms with Gasteiger partial charge in [-0.25, -0.2) is 4.79 Å². The van der Waals surface area contributed by atoms with Gasteiger partial charge in [0.25, 0.3) is 0 Å². The van der Waals surface area contributed by atoms with Crippen LogP contribution >= 0.6 is 0 Å². The fourth-order valence-electron chi connectivity index (χ4n) is 3.24. The smallest absolute Gasteiger partial charge is 0.336 e. The van der Waals surface area contributed by atoms with E-state index < -0.39 is 5.97 Å². The van der Waals surface area contributed by atoms with Crippen molar-refractivity contribution in [1.29, 1.82) is 0 Å². The molecule has 0 atom stereocenters. The van der Waals surface area contributed by atoms with Crippen molar-refractivity contribution in [2.75, 3.05) is 0 Å². The lowest BCUT2D eigenvalue weighted by molar-refractivity contribution is -0.130. The van der Waals surface area contributed by atoms with Crippen molar-refractivity contribution in [3.05, 3.63) is 96.1 Å². The molecule has 0 saturated carbocycles. The molecular formula is C23H16O2. The van der Waals surface area contributed by atoms with E-state index >= 15 is 0 Å². The van der Waals surface area contributed by atoms with Gasteiger partial charge in [-0.1, -0.05) is 78.9 Å². The number of carboxylic acid groups (broad SMARTS) is 1. The van der Waals surface area contributed by atoms with Crippen molar-refractivity contribution in [2.24, 2.45) is 0 Å². The van der Waals surface area contributed by atoms with E-state index in [1.807, 2.05) is 66.7 Å². The average molecular weight is 324 g/mol. The van der Waals surface area contributed by atoms with Gasteiger partial charge in [0.1, 0.15) is 0 Å². The summed E-state index contributed by atoms with van der Waals surface area (Å²) in [7, 11) is 0. The van der Waals surface area contributed by atoms with Crippen molar-refractivity contribution in [2.45, 2.75) is 0 Å². The molecule has 0 saturated heterocycles. The second-order valence-electron chi connectivity index (χ2n) is 5.96. The summed E-state index contributed by atoms with van der Waals surface area (Å²) in [5.41, 5.74) is 1.93. The van der Waals surface area contributed by atoms with Gasteiger partial charge in [-0.3, -0.25) is 0 Å². The van der Waals surface area contributed by atoms with Gasteiger partial charge < -0.3 is 5.11 Å². The quantitative estimate of drug-likeness (QED) is 0.302. The molecule has 0 bridgehead atoms. The van der Waals surface area contributed by atoms with E-state index in [9.17, 15) is 9.90 Å². The molecule has 0 spiro atoms. The summed E-state index contributed by atoms with van der Waals surface area (Å²) >= 11 is 0. The van der Waals surface area contributed by atoms with Crippen LogP contribution in [0.1, 0.15) is 11.1 Å². The van der Waals surface area contributed by atoms with Crippen LogP contribution in [0.25, 0.3) is 33.2 Å². The van der Waals surface area contributed by atoms with Crippen LogP contribution in [0.15, 0.2) is 84.9 Å². The third kappa shape index (κ3) is 2.79. The Morgan fingerprint density at radius 2 is 1.24 bits per heavy atom. The monoisotopic (exact) mass is 324 g/mol. The van der Waals surface area contributed by atoms with Crippen LogP contribution in [0.4, 0.5) is 0 Å². The Morgan fingerprint density at radius 1 is 0.720 bits per heavy atom. The number of carbonyl (C=O) groups is 1. The summed E-state index contributed by atoms with van der Waals surface area (Å²) in [4.78, 5) is 11.9. The van der Waals surface area contributed by atoms with Crippen LogP contribution in [0, 0.1) is 0 Å². The van der Waals surface area contributed by atoms with Crippen LogP contribution in [-0.2, 0) is 4.79 Å². The molecule has 1 N–H and O–H groups in total. The number of hydrogen-bond donors (Lipinski definition) is 1. The van der Waals surface area contributed by atoms with Gasteiger partial charge in [0.2, 0.25) is 0 Å². The van der Waals surface area contributed by atoms with Gasteiger partial charge in [0, 0.05) is 0 Å². The SMILES string of the molecule is O=C(O)/C(=C/c1c2ccccc2cc2ccccc12)c1ccccc1. The maximum Gasteiger partial charge on any atom is 0.336 e. The minimum Gasteiger partial charge on any atom is -0.478 e. The molecule has 0 heterocycles. The van der Waals surface area contributed by atoms with E-state index in [1.54, 1.807) is 6.08 Å². The number of rotatable bonds is 3. The van der Waals surface area contributed by atoms with Crippen molar-refractivity contribution in [3.8, 4) is 0 Å². The Morgan fingerprint density at radius 3 is 1.80 bits per heavy atom.